The third-order valence-corrected chi connectivity index (χ3v) is 0.578. The summed E-state index contributed by atoms with van der Waals surface area (Å²) in [5, 5.41) is 3.49. The molecule has 0 heterocycles. The Balaban J connectivity index is 3.56. The van der Waals surface area contributed by atoms with E-state index in [-0.39, 0.29) is 6.10 Å². The lowest BCUT2D eigenvalue weighted by Crippen LogP contribution is -2.00. The molecule has 3 heteroatoms. The first-order chi connectivity index (χ1) is 4.16. The third-order valence-electron chi connectivity index (χ3n) is 0.578. The Bertz CT molecular complexity index is 118. The number of hydrogen-bond acceptors (Lipinski definition) is 3. The molecule has 0 saturated carbocycles. The van der Waals surface area contributed by atoms with Crippen molar-refractivity contribution in [3.63, 3.8) is 0 Å². The molecule has 0 aromatic rings. The van der Waals surface area contributed by atoms with Gasteiger partial charge in [0, 0.05) is 0 Å². The van der Waals surface area contributed by atoms with E-state index in [0.717, 1.165) is 0 Å². The molecule has 0 bridgehead atoms. The molecule has 0 aromatic heterocycles. The minimum atomic E-state index is 0.0416. The summed E-state index contributed by atoms with van der Waals surface area (Å²) in [6, 6.07) is 0. The highest BCUT2D eigenvalue weighted by Crippen LogP contribution is 1.87. The van der Waals surface area contributed by atoms with Crippen LogP contribution in [-0.2, 0) is 9.63 Å². The van der Waals surface area contributed by atoms with E-state index in [2.05, 4.69) is 5.16 Å². The molecule has 3 nitrogen and oxygen atoms in total. The fourth-order valence-electron chi connectivity index (χ4n) is 0.210. The van der Waals surface area contributed by atoms with Gasteiger partial charge in [0.1, 0.15) is 11.8 Å². The van der Waals surface area contributed by atoms with Crippen molar-refractivity contribution >= 4 is 12.0 Å². The molecule has 0 aliphatic heterocycles. The van der Waals surface area contributed by atoms with Gasteiger partial charge in [-0.2, -0.15) is 0 Å². The second-order valence-electron chi connectivity index (χ2n) is 2.00. The second kappa shape index (κ2) is 4.06. The van der Waals surface area contributed by atoms with Gasteiger partial charge in [0.15, 0.2) is 6.29 Å². The summed E-state index contributed by atoms with van der Waals surface area (Å²) >= 11 is 0. The van der Waals surface area contributed by atoms with Crippen molar-refractivity contribution in [1.82, 2.24) is 0 Å². The standard InChI is InChI=1S/C6H11NO2/c1-5(2)9-7-6(3)4-8/h4-5H,1-3H3. The lowest BCUT2D eigenvalue weighted by Gasteiger charge is -1.99. The van der Waals surface area contributed by atoms with E-state index in [0.29, 0.717) is 12.0 Å². The van der Waals surface area contributed by atoms with Gasteiger partial charge in [-0.25, -0.2) is 0 Å². The van der Waals surface area contributed by atoms with Crippen LogP contribution in [-0.4, -0.2) is 18.1 Å². The van der Waals surface area contributed by atoms with Gasteiger partial charge in [-0.05, 0) is 20.8 Å². The number of oxime groups is 1. The Labute approximate surface area is 54.7 Å². The van der Waals surface area contributed by atoms with Gasteiger partial charge >= 0.3 is 0 Å². The molecule has 0 aromatic carbocycles. The Hall–Kier alpha value is -0.860. The van der Waals surface area contributed by atoms with Gasteiger partial charge in [0.05, 0.1) is 0 Å². The predicted molar refractivity (Wildman–Crippen MR) is 35.4 cm³/mol. The average Bonchev–Trinajstić information content (AvgIpc) is 1.83. The molecule has 0 spiro atoms. The first kappa shape index (κ1) is 8.14. The van der Waals surface area contributed by atoms with Crippen molar-refractivity contribution in [1.29, 1.82) is 0 Å². The van der Waals surface area contributed by atoms with Gasteiger partial charge in [0.2, 0.25) is 0 Å². The molecule has 0 unspecified atom stereocenters. The molecule has 0 fully saturated rings. The third kappa shape index (κ3) is 5.00. The number of hydrogen-bond donors (Lipinski definition) is 0. The summed E-state index contributed by atoms with van der Waals surface area (Å²) in [6.45, 7) is 5.29. The maximum Gasteiger partial charge on any atom is 0.167 e. The molecular weight excluding hydrogens is 118 g/mol. The topological polar surface area (TPSA) is 38.7 Å². The van der Waals surface area contributed by atoms with E-state index >= 15 is 0 Å². The maximum absolute atomic E-state index is 9.91. The number of carbonyl (C=O) groups is 1. The second-order valence-corrected chi connectivity index (χ2v) is 2.00. The van der Waals surface area contributed by atoms with Crippen LogP contribution in [0.5, 0.6) is 0 Å². The van der Waals surface area contributed by atoms with E-state index in [4.69, 9.17) is 4.84 Å². The SMILES string of the molecule is CC(C=O)=NOC(C)C. The van der Waals surface area contributed by atoms with Crippen molar-refractivity contribution in [2.24, 2.45) is 5.16 Å². The number of nitrogens with zero attached hydrogens (tertiary/aromatic N) is 1. The Morgan fingerprint density at radius 1 is 1.67 bits per heavy atom. The summed E-state index contributed by atoms with van der Waals surface area (Å²) in [5.74, 6) is 0. The van der Waals surface area contributed by atoms with E-state index in [1.165, 1.54) is 0 Å². The Morgan fingerprint density at radius 2 is 2.22 bits per heavy atom. The van der Waals surface area contributed by atoms with Crippen LogP contribution >= 0.6 is 0 Å². The van der Waals surface area contributed by atoms with Crippen LogP contribution in [0, 0.1) is 0 Å². The summed E-state index contributed by atoms with van der Waals surface area (Å²) in [5.41, 5.74) is 0.365. The summed E-state index contributed by atoms with van der Waals surface area (Å²) < 4.78 is 0. The van der Waals surface area contributed by atoms with Crippen molar-refractivity contribution in [3.05, 3.63) is 0 Å². The summed E-state index contributed by atoms with van der Waals surface area (Å²) in [6.07, 6.45) is 0.697. The highest BCUT2D eigenvalue weighted by molar-refractivity contribution is 6.26. The van der Waals surface area contributed by atoms with Crippen LogP contribution in [0.25, 0.3) is 0 Å². The number of carbonyl (C=O) groups excluding carboxylic acids is 1. The van der Waals surface area contributed by atoms with Crippen LogP contribution < -0.4 is 0 Å². The highest BCUT2D eigenvalue weighted by Gasteiger charge is 1.89. The molecule has 0 N–H and O–H groups in total. The minimum Gasteiger partial charge on any atom is -0.393 e. The molecule has 9 heavy (non-hydrogen) atoms. The van der Waals surface area contributed by atoms with E-state index in [9.17, 15) is 4.79 Å². The lowest BCUT2D eigenvalue weighted by molar-refractivity contribution is -0.102. The number of rotatable bonds is 3. The summed E-state index contributed by atoms with van der Waals surface area (Å²) in [7, 11) is 0. The van der Waals surface area contributed by atoms with Gasteiger partial charge in [0.25, 0.3) is 0 Å². The van der Waals surface area contributed by atoms with E-state index in [1.807, 2.05) is 13.8 Å². The fourth-order valence-corrected chi connectivity index (χ4v) is 0.210. The maximum atomic E-state index is 9.91. The summed E-state index contributed by atoms with van der Waals surface area (Å²) in [4.78, 5) is 14.7. The molecule has 0 saturated heterocycles. The first-order valence-corrected chi connectivity index (χ1v) is 2.82. The number of aldehydes is 1. The normalized spacial score (nSPS) is 11.8. The van der Waals surface area contributed by atoms with Gasteiger partial charge in [-0.1, -0.05) is 5.16 Å². The molecule has 0 aliphatic rings. The monoisotopic (exact) mass is 129 g/mol. The van der Waals surface area contributed by atoms with Crippen molar-refractivity contribution < 1.29 is 9.63 Å². The molecule has 0 amide bonds. The first-order valence-electron chi connectivity index (χ1n) is 2.82. The lowest BCUT2D eigenvalue weighted by atomic mass is 10.5. The fraction of sp³-hybridized carbons (Fsp3) is 0.667. The van der Waals surface area contributed by atoms with Gasteiger partial charge in [-0.3, -0.25) is 4.79 Å². The quantitative estimate of drug-likeness (QED) is 0.324. The molecule has 0 radical (unpaired) electrons. The van der Waals surface area contributed by atoms with Gasteiger partial charge in [-0.15, -0.1) is 0 Å². The minimum absolute atomic E-state index is 0.0416. The zero-order valence-corrected chi connectivity index (χ0v) is 5.92. The largest absolute Gasteiger partial charge is 0.393 e. The predicted octanol–water partition coefficient (Wildman–Crippen LogP) is 0.986. The van der Waals surface area contributed by atoms with E-state index < -0.39 is 0 Å². The molecule has 0 atom stereocenters. The van der Waals surface area contributed by atoms with Crippen LogP contribution in [0.4, 0.5) is 0 Å². The zero-order valence-electron chi connectivity index (χ0n) is 5.92. The Morgan fingerprint density at radius 3 is 2.56 bits per heavy atom. The van der Waals surface area contributed by atoms with Crippen LogP contribution in [0.2, 0.25) is 0 Å². The molecule has 0 rings (SSSR count). The van der Waals surface area contributed by atoms with Crippen molar-refractivity contribution in [3.8, 4) is 0 Å². The average molecular weight is 129 g/mol. The zero-order chi connectivity index (χ0) is 7.28. The van der Waals surface area contributed by atoms with Crippen LogP contribution in [0.15, 0.2) is 5.16 Å². The van der Waals surface area contributed by atoms with Gasteiger partial charge < -0.3 is 4.84 Å². The Kier molecular flexibility index (Phi) is 3.67. The molecular formula is C6H11NO2. The van der Waals surface area contributed by atoms with Crippen molar-refractivity contribution in [2.75, 3.05) is 0 Å². The molecule has 52 valence electrons. The van der Waals surface area contributed by atoms with Crippen LogP contribution in [0.1, 0.15) is 20.8 Å². The smallest absolute Gasteiger partial charge is 0.167 e. The molecule has 0 aliphatic carbocycles. The highest BCUT2D eigenvalue weighted by atomic mass is 16.6. The van der Waals surface area contributed by atoms with Crippen molar-refractivity contribution in [2.45, 2.75) is 26.9 Å². The van der Waals surface area contributed by atoms with Crippen LogP contribution in [0.3, 0.4) is 0 Å². The van der Waals surface area contributed by atoms with E-state index in [1.54, 1.807) is 6.92 Å².